The van der Waals surface area contributed by atoms with Gasteiger partial charge in [0.15, 0.2) is 0 Å². The van der Waals surface area contributed by atoms with Crippen molar-refractivity contribution in [1.29, 1.82) is 0 Å². The molecule has 0 saturated carbocycles. The normalized spacial score (nSPS) is 10.7. The number of ether oxygens (including phenoxy) is 1. The zero-order valence-corrected chi connectivity index (χ0v) is 12.6. The summed E-state index contributed by atoms with van der Waals surface area (Å²) < 4.78 is 13.0. The number of aromatic nitrogens is 5. The molecule has 24 heavy (non-hydrogen) atoms. The van der Waals surface area contributed by atoms with Crippen molar-refractivity contribution in [2.75, 3.05) is 0 Å². The van der Waals surface area contributed by atoms with Gasteiger partial charge in [-0.3, -0.25) is 0 Å². The molecule has 0 saturated heterocycles. The minimum Gasteiger partial charge on any atom is -0.438 e. The molecule has 0 atom stereocenters. The standard InChI is InChI=1S/C17H13N5O2/c1-2-5-13(6-3-1)23-17-14(7-4-8-19-17)16-20-15(24-21-16)11-22-10-9-18-12-22/h1-10,12H,11H2. The minimum absolute atomic E-state index is 0.429. The zero-order chi connectivity index (χ0) is 16.2. The second-order valence-corrected chi connectivity index (χ2v) is 5.02. The van der Waals surface area contributed by atoms with E-state index in [9.17, 15) is 0 Å². The highest BCUT2D eigenvalue weighted by atomic mass is 16.5. The third-order valence-corrected chi connectivity index (χ3v) is 3.31. The summed E-state index contributed by atoms with van der Waals surface area (Å²) in [5.41, 5.74) is 0.669. The first-order valence-corrected chi connectivity index (χ1v) is 7.35. The summed E-state index contributed by atoms with van der Waals surface area (Å²) in [6, 6.07) is 13.1. The largest absolute Gasteiger partial charge is 0.438 e. The average molecular weight is 319 g/mol. The average Bonchev–Trinajstić information content (AvgIpc) is 3.29. The molecule has 3 heterocycles. The number of nitrogens with zero attached hydrogens (tertiary/aromatic N) is 5. The molecule has 4 rings (SSSR count). The van der Waals surface area contributed by atoms with Crippen molar-refractivity contribution in [1.82, 2.24) is 24.7 Å². The van der Waals surface area contributed by atoms with Crippen LogP contribution < -0.4 is 4.74 Å². The van der Waals surface area contributed by atoms with Gasteiger partial charge in [-0.25, -0.2) is 9.97 Å². The van der Waals surface area contributed by atoms with Gasteiger partial charge in [-0.2, -0.15) is 4.98 Å². The molecule has 0 aliphatic carbocycles. The molecular formula is C17H13N5O2. The second-order valence-electron chi connectivity index (χ2n) is 5.02. The van der Waals surface area contributed by atoms with E-state index in [1.807, 2.05) is 47.2 Å². The van der Waals surface area contributed by atoms with Gasteiger partial charge < -0.3 is 13.8 Å². The molecule has 0 amide bonds. The fourth-order valence-electron chi connectivity index (χ4n) is 2.21. The maximum Gasteiger partial charge on any atom is 0.246 e. The van der Waals surface area contributed by atoms with E-state index in [0.717, 1.165) is 0 Å². The van der Waals surface area contributed by atoms with E-state index >= 15 is 0 Å². The van der Waals surface area contributed by atoms with Crippen LogP contribution in [0.3, 0.4) is 0 Å². The molecule has 0 spiro atoms. The van der Waals surface area contributed by atoms with Crippen LogP contribution in [0, 0.1) is 0 Å². The van der Waals surface area contributed by atoms with Gasteiger partial charge in [-0.15, -0.1) is 0 Å². The van der Waals surface area contributed by atoms with Gasteiger partial charge >= 0.3 is 0 Å². The van der Waals surface area contributed by atoms with Gasteiger partial charge in [0, 0.05) is 18.6 Å². The number of pyridine rings is 1. The molecule has 3 aromatic heterocycles. The first-order valence-electron chi connectivity index (χ1n) is 7.35. The van der Waals surface area contributed by atoms with Crippen LogP contribution in [-0.2, 0) is 6.54 Å². The smallest absolute Gasteiger partial charge is 0.246 e. The first kappa shape index (κ1) is 14.1. The van der Waals surface area contributed by atoms with Crippen molar-refractivity contribution < 1.29 is 9.26 Å². The maximum absolute atomic E-state index is 5.83. The minimum atomic E-state index is 0.429. The van der Waals surface area contributed by atoms with E-state index in [4.69, 9.17) is 9.26 Å². The molecule has 7 heteroatoms. The Morgan fingerprint density at radius 2 is 1.96 bits per heavy atom. The van der Waals surface area contributed by atoms with Crippen LogP contribution in [0.25, 0.3) is 11.4 Å². The third-order valence-electron chi connectivity index (χ3n) is 3.31. The molecule has 0 aliphatic rings. The Morgan fingerprint density at radius 3 is 2.79 bits per heavy atom. The van der Waals surface area contributed by atoms with Crippen LogP contribution in [0.4, 0.5) is 0 Å². The lowest BCUT2D eigenvalue weighted by atomic mass is 10.2. The van der Waals surface area contributed by atoms with Gasteiger partial charge in [-0.1, -0.05) is 23.4 Å². The van der Waals surface area contributed by atoms with Crippen molar-refractivity contribution >= 4 is 0 Å². The fraction of sp³-hybridized carbons (Fsp3) is 0.0588. The van der Waals surface area contributed by atoms with E-state index in [2.05, 4.69) is 20.1 Å². The van der Waals surface area contributed by atoms with Gasteiger partial charge in [0.05, 0.1) is 11.9 Å². The number of benzene rings is 1. The highest BCUT2D eigenvalue weighted by Crippen LogP contribution is 2.29. The number of rotatable bonds is 5. The summed E-state index contributed by atoms with van der Waals surface area (Å²) >= 11 is 0. The van der Waals surface area contributed by atoms with Crippen molar-refractivity contribution in [3.05, 3.63) is 73.3 Å². The molecule has 0 bridgehead atoms. The maximum atomic E-state index is 5.83. The Bertz CT molecular complexity index is 919. The quantitative estimate of drug-likeness (QED) is 0.562. The Kier molecular flexibility index (Phi) is 3.73. The fourth-order valence-corrected chi connectivity index (χ4v) is 2.21. The Balaban J connectivity index is 1.61. The van der Waals surface area contributed by atoms with Crippen molar-refractivity contribution in [2.45, 2.75) is 6.54 Å². The van der Waals surface area contributed by atoms with Crippen LogP contribution in [-0.4, -0.2) is 24.7 Å². The van der Waals surface area contributed by atoms with Crippen LogP contribution in [0.5, 0.6) is 11.6 Å². The van der Waals surface area contributed by atoms with E-state index in [0.29, 0.717) is 35.5 Å². The van der Waals surface area contributed by atoms with Gasteiger partial charge in [0.25, 0.3) is 0 Å². The molecule has 0 aliphatic heterocycles. The van der Waals surface area contributed by atoms with Gasteiger partial charge in [0.2, 0.25) is 17.6 Å². The lowest BCUT2D eigenvalue weighted by molar-refractivity contribution is 0.371. The number of hydrogen-bond donors (Lipinski definition) is 0. The molecule has 4 aromatic rings. The Hall–Kier alpha value is -3.48. The van der Waals surface area contributed by atoms with E-state index < -0.39 is 0 Å². The van der Waals surface area contributed by atoms with Crippen LogP contribution in [0.1, 0.15) is 5.89 Å². The lowest BCUT2D eigenvalue weighted by Gasteiger charge is -2.06. The predicted octanol–water partition coefficient (Wildman–Crippen LogP) is 3.17. The molecule has 7 nitrogen and oxygen atoms in total. The van der Waals surface area contributed by atoms with Crippen LogP contribution in [0.15, 0.2) is 71.9 Å². The van der Waals surface area contributed by atoms with E-state index in [-0.39, 0.29) is 0 Å². The van der Waals surface area contributed by atoms with E-state index in [1.54, 1.807) is 24.8 Å². The van der Waals surface area contributed by atoms with E-state index in [1.165, 1.54) is 0 Å². The summed E-state index contributed by atoms with van der Waals surface area (Å²) in [6.07, 6.45) is 6.88. The Morgan fingerprint density at radius 1 is 1.04 bits per heavy atom. The monoisotopic (exact) mass is 319 g/mol. The summed E-state index contributed by atoms with van der Waals surface area (Å²) in [5, 5.41) is 4.03. The van der Waals surface area contributed by atoms with Crippen LogP contribution in [0.2, 0.25) is 0 Å². The molecule has 0 N–H and O–H groups in total. The topological polar surface area (TPSA) is 78.9 Å². The van der Waals surface area contributed by atoms with Crippen molar-refractivity contribution in [2.24, 2.45) is 0 Å². The lowest BCUT2D eigenvalue weighted by Crippen LogP contribution is -1.96. The molecular weight excluding hydrogens is 306 g/mol. The van der Waals surface area contributed by atoms with Crippen molar-refractivity contribution in [3.8, 4) is 23.0 Å². The third kappa shape index (κ3) is 3.00. The number of imidazole rings is 1. The first-order chi connectivity index (χ1) is 11.9. The summed E-state index contributed by atoms with van der Waals surface area (Å²) in [6.45, 7) is 0.460. The Labute approximate surface area is 137 Å². The SMILES string of the molecule is c1ccc(Oc2ncccc2-c2noc(Cn3ccnc3)n2)cc1. The molecule has 0 unspecified atom stereocenters. The zero-order valence-electron chi connectivity index (χ0n) is 12.6. The molecule has 118 valence electrons. The van der Waals surface area contributed by atoms with Gasteiger partial charge in [-0.05, 0) is 24.3 Å². The second kappa shape index (κ2) is 6.33. The summed E-state index contributed by atoms with van der Waals surface area (Å²) in [7, 11) is 0. The number of para-hydroxylation sites is 1. The summed E-state index contributed by atoms with van der Waals surface area (Å²) in [5.74, 6) is 2.04. The number of hydrogen-bond acceptors (Lipinski definition) is 6. The molecule has 0 fully saturated rings. The van der Waals surface area contributed by atoms with Gasteiger partial charge in [0.1, 0.15) is 12.3 Å². The summed E-state index contributed by atoms with van der Waals surface area (Å²) in [4.78, 5) is 12.7. The molecule has 1 aromatic carbocycles. The van der Waals surface area contributed by atoms with Crippen molar-refractivity contribution in [3.63, 3.8) is 0 Å². The predicted molar refractivity (Wildman–Crippen MR) is 85.4 cm³/mol. The highest BCUT2D eigenvalue weighted by molar-refractivity contribution is 5.61. The molecule has 0 radical (unpaired) electrons. The van der Waals surface area contributed by atoms with Crippen LogP contribution >= 0.6 is 0 Å². The highest BCUT2D eigenvalue weighted by Gasteiger charge is 2.15.